The molecule has 18 heavy (non-hydrogen) atoms. The van der Waals surface area contributed by atoms with Gasteiger partial charge in [-0.15, -0.1) is 11.6 Å². The molecule has 0 aliphatic rings. The number of alkyl halides is 1. The maximum Gasteiger partial charge on any atom is 0.257 e. The van der Waals surface area contributed by atoms with E-state index in [1.807, 2.05) is 30.3 Å². The molecule has 5 heteroatoms. The summed E-state index contributed by atoms with van der Waals surface area (Å²) in [6.45, 7) is 1.69. The van der Waals surface area contributed by atoms with E-state index >= 15 is 0 Å². The smallest absolute Gasteiger partial charge is 0.257 e. The highest BCUT2D eigenvalue weighted by molar-refractivity contribution is 6.18. The molecule has 1 unspecified atom stereocenters. The summed E-state index contributed by atoms with van der Waals surface area (Å²) in [4.78, 5) is 12.0. The van der Waals surface area contributed by atoms with Gasteiger partial charge in [-0.05, 0) is 12.5 Å². The van der Waals surface area contributed by atoms with Crippen LogP contribution in [-0.4, -0.2) is 16.9 Å². The molecule has 1 N–H and O–H groups in total. The summed E-state index contributed by atoms with van der Waals surface area (Å²) in [5.74, 6) is 0.567. The minimum atomic E-state index is -0.233. The Morgan fingerprint density at radius 3 is 2.72 bits per heavy atom. The van der Waals surface area contributed by atoms with Crippen LogP contribution in [0, 0.1) is 6.92 Å². The van der Waals surface area contributed by atoms with Crippen LogP contribution in [0.1, 0.15) is 27.7 Å². The summed E-state index contributed by atoms with van der Waals surface area (Å²) in [6, 6.07) is 9.36. The minimum Gasteiger partial charge on any atom is -0.361 e. The van der Waals surface area contributed by atoms with Gasteiger partial charge in [0.2, 0.25) is 0 Å². The lowest BCUT2D eigenvalue weighted by Gasteiger charge is -2.15. The van der Waals surface area contributed by atoms with E-state index in [2.05, 4.69) is 10.5 Å². The molecule has 2 aromatic rings. The van der Waals surface area contributed by atoms with E-state index in [1.165, 1.54) is 6.20 Å². The number of hydrogen-bond donors (Lipinski definition) is 1. The van der Waals surface area contributed by atoms with Crippen molar-refractivity contribution in [2.24, 2.45) is 0 Å². The summed E-state index contributed by atoms with van der Waals surface area (Å²) in [5, 5.41) is 6.44. The SMILES string of the molecule is Cc1oncc1C(=O)NC(CCl)c1ccccc1. The number of rotatable bonds is 4. The number of amides is 1. The third-order valence-electron chi connectivity index (χ3n) is 2.66. The van der Waals surface area contributed by atoms with Gasteiger partial charge in [0, 0.05) is 5.88 Å². The molecule has 2 rings (SSSR count). The van der Waals surface area contributed by atoms with Crippen LogP contribution >= 0.6 is 11.6 Å². The lowest BCUT2D eigenvalue weighted by Crippen LogP contribution is -2.29. The van der Waals surface area contributed by atoms with Crippen LogP contribution in [0.5, 0.6) is 0 Å². The van der Waals surface area contributed by atoms with Crippen molar-refractivity contribution in [3.63, 3.8) is 0 Å². The van der Waals surface area contributed by atoms with Crippen molar-refractivity contribution in [2.45, 2.75) is 13.0 Å². The summed E-state index contributed by atoms with van der Waals surface area (Å²) in [5.41, 5.74) is 1.40. The Morgan fingerprint density at radius 2 is 2.17 bits per heavy atom. The van der Waals surface area contributed by atoms with Gasteiger partial charge in [0.15, 0.2) is 0 Å². The van der Waals surface area contributed by atoms with Gasteiger partial charge in [0.05, 0.1) is 12.2 Å². The van der Waals surface area contributed by atoms with E-state index in [0.29, 0.717) is 17.2 Å². The molecule has 0 radical (unpaired) electrons. The molecule has 0 fully saturated rings. The molecule has 0 saturated carbocycles. The molecule has 94 valence electrons. The van der Waals surface area contributed by atoms with E-state index in [1.54, 1.807) is 6.92 Å². The number of nitrogens with zero attached hydrogens (tertiary/aromatic N) is 1. The highest BCUT2D eigenvalue weighted by Crippen LogP contribution is 2.15. The third-order valence-corrected chi connectivity index (χ3v) is 2.97. The van der Waals surface area contributed by atoms with Crippen LogP contribution in [0.2, 0.25) is 0 Å². The van der Waals surface area contributed by atoms with E-state index in [0.717, 1.165) is 5.56 Å². The Balaban J connectivity index is 2.13. The van der Waals surface area contributed by atoms with Crippen molar-refractivity contribution in [3.8, 4) is 0 Å². The quantitative estimate of drug-likeness (QED) is 0.864. The number of nitrogens with one attached hydrogen (secondary N) is 1. The monoisotopic (exact) mass is 264 g/mol. The average Bonchev–Trinajstić information content (AvgIpc) is 2.83. The number of hydrogen-bond acceptors (Lipinski definition) is 3. The standard InChI is InChI=1S/C13H13ClN2O2/c1-9-11(8-15-18-9)13(17)16-12(7-14)10-5-3-2-4-6-10/h2-6,8,12H,7H2,1H3,(H,16,17). The van der Waals surface area contributed by atoms with Crippen molar-refractivity contribution in [3.05, 3.63) is 53.4 Å². The second-order valence-corrected chi connectivity index (χ2v) is 4.20. The zero-order valence-electron chi connectivity index (χ0n) is 9.89. The number of carbonyl (C=O) groups excluding carboxylic acids is 1. The molecule has 1 atom stereocenters. The molecule has 0 spiro atoms. The summed E-state index contributed by atoms with van der Waals surface area (Å²) < 4.78 is 4.86. The lowest BCUT2D eigenvalue weighted by molar-refractivity contribution is 0.0939. The number of aromatic nitrogens is 1. The molecule has 0 saturated heterocycles. The van der Waals surface area contributed by atoms with Crippen molar-refractivity contribution in [2.75, 3.05) is 5.88 Å². The number of benzene rings is 1. The maximum atomic E-state index is 12.0. The second-order valence-electron chi connectivity index (χ2n) is 3.89. The average molecular weight is 265 g/mol. The lowest BCUT2D eigenvalue weighted by atomic mass is 10.1. The van der Waals surface area contributed by atoms with E-state index < -0.39 is 0 Å². The molecule has 1 amide bonds. The molecular weight excluding hydrogens is 252 g/mol. The van der Waals surface area contributed by atoms with Gasteiger partial charge in [-0.25, -0.2) is 0 Å². The van der Waals surface area contributed by atoms with Gasteiger partial charge in [-0.1, -0.05) is 35.5 Å². The third kappa shape index (κ3) is 2.71. The Hall–Kier alpha value is -1.81. The Labute approximate surface area is 110 Å². The van der Waals surface area contributed by atoms with Crippen LogP contribution in [0.3, 0.4) is 0 Å². The van der Waals surface area contributed by atoms with Gasteiger partial charge >= 0.3 is 0 Å². The van der Waals surface area contributed by atoms with Crippen molar-refractivity contribution < 1.29 is 9.32 Å². The second kappa shape index (κ2) is 5.69. The van der Waals surface area contributed by atoms with Gasteiger partial charge in [-0.2, -0.15) is 0 Å². The first-order valence-electron chi connectivity index (χ1n) is 5.55. The molecule has 0 aliphatic carbocycles. The molecule has 1 heterocycles. The van der Waals surface area contributed by atoms with Crippen LogP contribution in [0.25, 0.3) is 0 Å². The molecule has 1 aromatic heterocycles. The number of aryl methyl sites for hydroxylation is 1. The summed E-state index contributed by atoms with van der Waals surface area (Å²) in [7, 11) is 0. The Bertz CT molecular complexity index is 525. The Kier molecular flexibility index (Phi) is 3.99. The van der Waals surface area contributed by atoms with Gasteiger partial charge < -0.3 is 9.84 Å². The molecule has 1 aromatic carbocycles. The first-order chi connectivity index (χ1) is 8.72. The van der Waals surface area contributed by atoms with Crippen molar-refractivity contribution >= 4 is 17.5 Å². The summed E-state index contributed by atoms with van der Waals surface area (Å²) >= 11 is 5.89. The maximum absolute atomic E-state index is 12.0. The fraction of sp³-hybridized carbons (Fsp3) is 0.231. The predicted molar refractivity (Wildman–Crippen MR) is 68.6 cm³/mol. The zero-order valence-corrected chi connectivity index (χ0v) is 10.6. The van der Waals surface area contributed by atoms with Crippen LogP contribution in [0.15, 0.2) is 41.1 Å². The normalized spacial score (nSPS) is 12.1. The fourth-order valence-electron chi connectivity index (χ4n) is 1.65. The summed E-state index contributed by atoms with van der Waals surface area (Å²) in [6.07, 6.45) is 1.40. The Morgan fingerprint density at radius 1 is 1.44 bits per heavy atom. The first kappa shape index (κ1) is 12.6. The minimum absolute atomic E-state index is 0.227. The fourth-order valence-corrected chi connectivity index (χ4v) is 1.90. The topological polar surface area (TPSA) is 55.1 Å². The van der Waals surface area contributed by atoms with Gasteiger partial charge in [0.25, 0.3) is 5.91 Å². The number of carbonyl (C=O) groups is 1. The first-order valence-corrected chi connectivity index (χ1v) is 6.09. The molecule has 0 bridgehead atoms. The van der Waals surface area contributed by atoms with Gasteiger partial charge in [0.1, 0.15) is 11.3 Å². The predicted octanol–water partition coefficient (Wildman–Crippen LogP) is 2.69. The van der Waals surface area contributed by atoms with Crippen molar-refractivity contribution in [1.29, 1.82) is 0 Å². The van der Waals surface area contributed by atoms with E-state index in [-0.39, 0.29) is 11.9 Å². The van der Waals surface area contributed by atoms with E-state index in [9.17, 15) is 4.79 Å². The number of halogens is 1. The van der Waals surface area contributed by atoms with Crippen LogP contribution < -0.4 is 5.32 Å². The van der Waals surface area contributed by atoms with Crippen molar-refractivity contribution in [1.82, 2.24) is 10.5 Å². The van der Waals surface area contributed by atoms with E-state index in [4.69, 9.17) is 16.1 Å². The highest BCUT2D eigenvalue weighted by atomic mass is 35.5. The largest absolute Gasteiger partial charge is 0.361 e. The zero-order chi connectivity index (χ0) is 13.0. The van der Waals surface area contributed by atoms with Crippen LogP contribution in [-0.2, 0) is 0 Å². The molecule has 0 aliphatic heterocycles. The van der Waals surface area contributed by atoms with Gasteiger partial charge in [-0.3, -0.25) is 4.79 Å². The molecular formula is C13H13ClN2O2. The highest BCUT2D eigenvalue weighted by Gasteiger charge is 2.18. The molecule has 4 nitrogen and oxygen atoms in total. The van der Waals surface area contributed by atoms with Crippen LogP contribution in [0.4, 0.5) is 0 Å².